The lowest BCUT2D eigenvalue weighted by molar-refractivity contribution is -0.115. The highest BCUT2D eigenvalue weighted by Gasteiger charge is 2.10. The van der Waals surface area contributed by atoms with Crippen LogP contribution in [-0.4, -0.2) is 26.2 Å². The summed E-state index contributed by atoms with van der Waals surface area (Å²) in [6.45, 7) is 3.94. The predicted molar refractivity (Wildman–Crippen MR) is 94.1 cm³/mol. The van der Waals surface area contributed by atoms with E-state index in [0.29, 0.717) is 11.5 Å². The van der Waals surface area contributed by atoms with Crippen LogP contribution in [-0.2, 0) is 11.2 Å². The fourth-order valence-corrected chi connectivity index (χ4v) is 2.27. The highest BCUT2D eigenvalue weighted by Crippen LogP contribution is 2.25. The molecule has 24 heavy (non-hydrogen) atoms. The molecule has 1 N–H and O–H groups in total. The topological polar surface area (TPSA) is 56.8 Å². The van der Waals surface area contributed by atoms with E-state index in [1.807, 2.05) is 50.2 Å². The molecule has 0 unspecified atom stereocenters. The number of hydrogen-bond acceptors (Lipinski definition) is 4. The number of ether oxygens (including phenoxy) is 3. The molecule has 0 aliphatic rings. The Balaban J connectivity index is 2.00. The Morgan fingerprint density at radius 1 is 1.00 bits per heavy atom. The molecule has 0 spiro atoms. The molecule has 0 bridgehead atoms. The minimum absolute atomic E-state index is 0.115. The number of hydrogen-bond donors (Lipinski definition) is 1. The van der Waals surface area contributed by atoms with Crippen molar-refractivity contribution in [2.45, 2.75) is 26.4 Å². The number of benzene rings is 2. The second kappa shape index (κ2) is 8.24. The first kappa shape index (κ1) is 17.7. The van der Waals surface area contributed by atoms with Gasteiger partial charge in [0.1, 0.15) is 17.2 Å². The second-order valence-corrected chi connectivity index (χ2v) is 5.59. The van der Waals surface area contributed by atoms with Gasteiger partial charge in [-0.25, -0.2) is 0 Å². The first-order chi connectivity index (χ1) is 11.5. The van der Waals surface area contributed by atoms with Crippen molar-refractivity contribution in [1.29, 1.82) is 0 Å². The average Bonchev–Trinajstić information content (AvgIpc) is 2.56. The standard InChI is InChI=1S/C19H23NO4/c1-13(2)24-16-9-6-15(7-10-16)20-19(21)11-14-5-8-17(22-3)12-18(14)23-4/h5-10,12-13H,11H2,1-4H3,(H,20,21). The van der Waals surface area contributed by atoms with E-state index in [1.165, 1.54) is 0 Å². The molecule has 0 heterocycles. The van der Waals surface area contributed by atoms with Gasteiger partial charge in [-0.15, -0.1) is 0 Å². The molecule has 0 aliphatic carbocycles. The number of anilines is 1. The Bertz CT molecular complexity index is 680. The maximum absolute atomic E-state index is 12.2. The summed E-state index contributed by atoms with van der Waals surface area (Å²) >= 11 is 0. The van der Waals surface area contributed by atoms with Crippen LogP contribution in [0.25, 0.3) is 0 Å². The molecule has 0 radical (unpaired) electrons. The first-order valence-corrected chi connectivity index (χ1v) is 7.79. The number of carbonyl (C=O) groups is 1. The third-order valence-corrected chi connectivity index (χ3v) is 3.36. The van der Waals surface area contributed by atoms with E-state index in [0.717, 1.165) is 17.0 Å². The fourth-order valence-electron chi connectivity index (χ4n) is 2.27. The minimum Gasteiger partial charge on any atom is -0.497 e. The van der Waals surface area contributed by atoms with Gasteiger partial charge < -0.3 is 19.5 Å². The molecule has 128 valence electrons. The second-order valence-electron chi connectivity index (χ2n) is 5.59. The summed E-state index contributed by atoms with van der Waals surface area (Å²) < 4.78 is 16.1. The van der Waals surface area contributed by atoms with Crippen LogP contribution in [0, 0.1) is 0 Å². The Kier molecular flexibility index (Phi) is 6.07. The summed E-state index contributed by atoms with van der Waals surface area (Å²) in [5.41, 5.74) is 1.53. The summed E-state index contributed by atoms with van der Waals surface area (Å²) in [6, 6.07) is 12.7. The van der Waals surface area contributed by atoms with Crippen molar-refractivity contribution in [3.05, 3.63) is 48.0 Å². The van der Waals surface area contributed by atoms with Crippen LogP contribution in [0.4, 0.5) is 5.69 Å². The summed E-state index contributed by atoms with van der Waals surface area (Å²) in [6.07, 6.45) is 0.338. The van der Waals surface area contributed by atoms with Crippen LogP contribution in [0.2, 0.25) is 0 Å². The number of nitrogens with one attached hydrogen (secondary N) is 1. The van der Waals surface area contributed by atoms with Crippen molar-refractivity contribution in [3.63, 3.8) is 0 Å². The molecule has 0 saturated heterocycles. The molecule has 0 saturated carbocycles. The molecule has 1 amide bonds. The number of methoxy groups -OCH3 is 2. The van der Waals surface area contributed by atoms with E-state index in [-0.39, 0.29) is 18.4 Å². The van der Waals surface area contributed by atoms with Gasteiger partial charge in [0.05, 0.1) is 26.7 Å². The van der Waals surface area contributed by atoms with Crippen molar-refractivity contribution in [1.82, 2.24) is 0 Å². The first-order valence-electron chi connectivity index (χ1n) is 7.79. The van der Waals surface area contributed by atoms with Gasteiger partial charge in [0.2, 0.25) is 5.91 Å². The van der Waals surface area contributed by atoms with Gasteiger partial charge in [-0.05, 0) is 44.2 Å². The molecule has 0 fully saturated rings. The third-order valence-electron chi connectivity index (χ3n) is 3.36. The lowest BCUT2D eigenvalue weighted by atomic mass is 10.1. The van der Waals surface area contributed by atoms with Gasteiger partial charge in [0, 0.05) is 17.3 Å². The molecule has 5 nitrogen and oxygen atoms in total. The molecule has 2 rings (SSSR count). The molecular formula is C19H23NO4. The largest absolute Gasteiger partial charge is 0.497 e. The van der Waals surface area contributed by atoms with Crippen molar-refractivity contribution in [3.8, 4) is 17.2 Å². The minimum atomic E-state index is -0.115. The van der Waals surface area contributed by atoms with E-state index >= 15 is 0 Å². The number of carbonyl (C=O) groups excluding carboxylic acids is 1. The van der Waals surface area contributed by atoms with E-state index in [9.17, 15) is 4.79 Å². The summed E-state index contributed by atoms with van der Waals surface area (Å²) in [4.78, 5) is 12.2. The summed E-state index contributed by atoms with van der Waals surface area (Å²) in [5.74, 6) is 1.98. The zero-order valence-corrected chi connectivity index (χ0v) is 14.5. The SMILES string of the molecule is COc1ccc(CC(=O)Nc2ccc(OC(C)C)cc2)c(OC)c1. The van der Waals surface area contributed by atoms with Gasteiger partial charge in [-0.3, -0.25) is 4.79 Å². The zero-order chi connectivity index (χ0) is 17.5. The van der Waals surface area contributed by atoms with E-state index in [4.69, 9.17) is 14.2 Å². The van der Waals surface area contributed by atoms with Crippen LogP contribution >= 0.6 is 0 Å². The van der Waals surface area contributed by atoms with Crippen LogP contribution in [0.15, 0.2) is 42.5 Å². The lowest BCUT2D eigenvalue weighted by Crippen LogP contribution is -2.15. The number of amides is 1. The van der Waals surface area contributed by atoms with Gasteiger partial charge >= 0.3 is 0 Å². The van der Waals surface area contributed by atoms with Gasteiger partial charge in [-0.1, -0.05) is 6.07 Å². The molecule has 0 atom stereocenters. The Hall–Kier alpha value is -2.69. The molecule has 0 aromatic heterocycles. The van der Waals surface area contributed by atoms with Crippen LogP contribution in [0.1, 0.15) is 19.4 Å². The van der Waals surface area contributed by atoms with Gasteiger partial charge in [0.15, 0.2) is 0 Å². The normalized spacial score (nSPS) is 10.4. The highest BCUT2D eigenvalue weighted by molar-refractivity contribution is 5.92. The third kappa shape index (κ3) is 4.91. The molecule has 5 heteroatoms. The van der Waals surface area contributed by atoms with Crippen molar-refractivity contribution < 1.29 is 19.0 Å². The van der Waals surface area contributed by atoms with E-state index in [2.05, 4.69) is 5.32 Å². The Morgan fingerprint density at radius 3 is 2.25 bits per heavy atom. The van der Waals surface area contributed by atoms with E-state index in [1.54, 1.807) is 20.3 Å². The van der Waals surface area contributed by atoms with Crippen molar-refractivity contribution in [2.24, 2.45) is 0 Å². The maximum Gasteiger partial charge on any atom is 0.228 e. The summed E-state index contributed by atoms with van der Waals surface area (Å²) in [5, 5.41) is 2.87. The quantitative estimate of drug-likeness (QED) is 0.842. The van der Waals surface area contributed by atoms with E-state index < -0.39 is 0 Å². The smallest absolute Gasteiger partial charge is 0.228 e. The van der Waals surface area contributed by atoms with Crippen LogP contribution < -0.4 is 19.5 Å². The monoisotopic (exact) mass is 329 g/mol. The zero-order valence-electron chi connectivity index (χ0n) is 14.5. The molecule has 0 aliphatic heterocycles. The maximum atomic E-state index is 12.2. The highest BCUT2D eigenvalue weighted by atomic mass is 16.5. The Labute approximate surface area is 142 Å². The fraction of sp³-hybridized carbons (Fsp3) is 0.316. The number of rotatable bonds is 7. The Morgan fingerprint density at radius 2 is 1.67 bits per heavy atom. The van der Waals surface area contributed by atoms with Crippen LogP contribution in [0.3, 0.4) is 0 Å². The van der Waals surface area contributed by atoms with Crippen molar-refractivity contribution in [2.75, 3.05) is 19.5 Å². The van der Waals surface area contributed by atoms with Gasteiger partial charge in [-0.2, -0.15) is 0 Å². The molecular weight excluding hydrogens is 306 g/mol. The molecule has 2 aromatic carbocycles. The molecule has 2 aromatic rings. The average molecular weight is 329 g/mol. The summed E-state index contributed by atoms with van der Waals surface area (Å²) in [7, 11) is 3.16. The van der Waals surface area contributed by atoms with Crippen molar-refractivity contribution >= 4 is 11.6 Å². The predicted octanol–water partition coefficient (Wildman–Crippen LogP) is 3.67. The lowest BCUT2D eigenvalue weighted by Gasteiger charge is -2.12. The van der Waals surface area contributed by atoms with Crippen LogP contribution in [0.5, 0.6) is 17.2 Å². The van der Waals surface area contributed by atoms with Gasteiger partial charge in [0.25, 0.3) is 0 Å².